The molecule has 5 rings (SSSR count). The Morgan fingerprint density at radius 1 is 0.892 bits per heavy atom. The number of hydrogen-bond acceptors (Lipinski definition) is 4. The van der Waals surface area contributed by atoms with Crippen LogP contribution < -0.4 is 5.56 Å². The number of fused-ring (bicyclic) bond motifs is 1. The van der Waals surface area contributed by atoms with Crippen molar-refractivity contribution in [2.75, 3.05) is 0 Å². The van der Waals surface area contributed by atoms with Gasteiger partial charge in [0.2, 0.25) is 0 Å². The number of rotatable bonds is 10. The fraction of sp³-hybridized carbons (Fsp3) is 0.226. The first-order valence-electron chi connectivity index (χ1n) is 12.7. The Balaban J connectivity index is 1.35. The Hall–Kier alpha value is -4.32. The molecule has 6 heteroatoms. The number of ketones is 1. The van der Waals surface area contributed by atoms with E-state index in [-0.39, 0.29) is 17.9 Å². The highest BCUT2D eigenvalue weighted by Crippen LogP contribution is 2.20. The molecular weight excluding hydrogens is 460 g/mol. The molecule has 0 aliphatic carbocycles. The van der Waals surface area contributed by atoms with E-state index in [4.69, 9.17) is 0 Å². The molecule has 2 aromatic carbocycles. The fourth-order valence-electron chi connectivity index (χ4n) is 4.81. The summed E-state index contributed by atoms with van der Waals surface area (Å²) in [7, 11) is 2.00. The minimum atomic E-state index is -0.182. The zero-order valence-corrected chi connectivity index (χ0v) is 21.0. The average Bonchev–Trinajstić information content (AvgIpc) is 3.26. The first-order chi connectivity index (χ1) is 18.1. The van der Waals surface area contributed by atoms with E-state index in [1.807, 2.05) is 67.8 Å². The summed E-state index contributed by atoms with van der Waals surface area (Å²) in [5, 5.41) is 1.06. The van der Waals surface area contributed by atoms with E-state index in [1.165, 1.54) is 5.56 Å². The number of pyridine rings is 1. The summed E-state index contributed by atoms with van der Waals surface area (Å²) >= 11 is 0. The maximum atomic E-state index is 13.5. The number of Topliss-reactive ketones (excluding diaryl/α,β-unsaturated/α-hetero) is 1. The van der Waals surface area contributed by atoms with Gasteiger partial charge < -0.3 is 4.57 Å². The summed E-state index contributed by atoms with van der Waals surface area (Å²) in [4.78, 5) is 35.4. The molecule has 0 atom stereocenters. The van der Waals surface area contributed by atoms with Gasteiger partial charge in [0.05, 0.1) is 24.0 Å². The lowest BCUT2D eigenvalue weighted by molar-refractivity contribution is -0.119. The van der Waals surface area contributed by atoms with E-state index >= 15 is 0 Å². The zero-order chi connectivity index (χ0) is 25.6. The Labute approximate surface area is 216 Å². The lowest BCUT2D eigenvalue weighted by atomic mass is 10.1. The molecule has 0 saturated heterocycles. The molecule has 0 aliphatic heterocycles. The van der Waals surface area contributed by atoms with Crippen molar-refractivity contribution in [2.24, 2.45) is 7.05 Å². The van der Waals surface area contributed by atoms with E-state index in [0.717, 1.165) is 35.0 Å². The first kappa shape index (κ1) is 24.4. The lowest BCUT2D eigenvalue weighted by Gasteiger charge is -2.14. The van der Waals surface area contributed by atoms with Crippen LogP contribution in [0, 0.1) is 0 Å². The van der Waals surface area contributed by atoms with Gasteiger partial charge in [0.25, 0.3) is 5.56 Å². The van der Waals surface area contributed by atoms with E-state index in [2.05, 4.69) is 32.7 Å². The third-order valence-corrected chi connectivity index (χ3v) is 6.85. The Morgan fingerprint density at radius 2 is 1.65 bits per heavy atom. The number of nitrogens with zero attached hydrogens (tertiary/aromatic N) is 4. The van der Waals surface area contributed by atoms with Crippen LogP contribution in [0.5, 0.6) is 0 Å². The molecule has 0 saturated carbocycles. The van der Waals surface area contributed by atoms with Crippen molar-refractivity contribution >= 4 is 16.7 Å². The molecule has 0 aliphatic rings. The van der Waals surface area contributed by atoms with Crippen molar-refractivity contribution in [2.45, 2.75) is 38.6 Å². The first-order valence-corrected chi connectivity index (χ1v) is 12.7. The molecule has 0 unspecified atom stereocenters. The Kier molecular flexibility index (Phi) is 7.36. The summed E-state index contributed by atoms with van der Waals surface area (Å²) in [6.45, 7) is 0.0305. The van der Waals surface area contributed by atoms with Crippen molar-refractivity contribution in [3.8, 4) is 11.3 Å². The van der Waals surface area contributed by atoms with Gasteiger partial charge >= 0.3 is 0 Å². The number of carbonyl (C=O) groups excluding carboxylic acids is 1. The van der Waals surface area contributed by atoms with E-state index in [0.29, 0.717) is 30.7 Å². The highest BCUT2D eigenvalue weighted by atomic mass is 16.1. The molecule has 0 bridgehead atoms. The maximum absolute atomic E-state index is 13.5. The maximum Gasteiger partial charge on any atom is 0.273 e. The second kappa shape index (κ2) is 11.2. The van der Waals surface area contributed by atoms with Crippen molar-refractivity contribution in [1.82, 2.24) is 19.1 Å². The quantitative estimate of drug-likeness (QED) is 0.271. The number of aryl methyl sites for hydroxylation is 4. The van der Waals surface area contributed by atoms with E-state index < -0.39 is 0 Å². The van der Waals surface area contributed by atoms with Crippen molar-refractivity contribution < 1.29 is 4.79 Å². The normalized spacial score (nSPS) is 11.2. The third-order valence-electron chi connectivity index (χ3n) is 6.85. The molecule has 3 heterocycles. The van der Waals surface area contributed by atoms with Gasteiger partial charge in [-0.25, -0.2) is 0 Å². The molecule has 3 aromatic heterocycles. The fourth-order valence-corrected chi connectivity index (χ4v) is 4.81. The van der Waals surface area contributed by atoms with Gasteiger partial charge in [-0.1, -0.05) is 60.7 Å². The third kappa shape index (κ3) is 5.59. The number of hydrogen-bond donors (Lipinski definition) is 0. The topological polar surface area (TPSA) is 69.8 Å². The average molecular weight is 491 g/mol. The summed E-state index contributed by atoms with van der Waals surface area (Å²) in [5.41, 5.74) is 5.27. The van der Waals surface area contributed by atoms with Crippen LogP contribution in [0.2, 0.25) is 0 Å². The summed E-state index contributed by atoms with van der Waals surface area (Å²) in [6.07, 6.45) is 8.57. The molecule has 0 radical (unpaired) electrons. The Morgan fingerprint density at radius 3 is 2.41 bits per heavy atom. The summed E-state index contributed by atoms with van der Waals surface area (Å²) in [5.74, 6) is 0.0177. The van der Waals surface area contributed by atoms with Gasteiger partial charge in [0.1, 0.15) is 5.69 Å². The molecular formula is C31H30N4O2. The van der Waals surface area contributed by atoms with E-state index in [9.17, 15) is 9.59 Å². The minimum Gasteiger partial charge on any atom is -0.348 e. The van der Waals surface area contributed by atoms with Crippen molar-refractivity contribution in [3.05, 3.63) is 119 Å². The summed E-state index contributed by atoms with van der Waals surface area (Å²) in [6, 6.07) is 23.9. The number of benzene rings is 2. The highest BCUT2D eigenvalue weighted by molar-refractivity contribution is 5.81. The van der Waals surface area contributed by atoms with Gasteiger partial charge in [-0.2, -0.15) is 0 Å². The second-order valence-corrected chi connectivity index (χ2v) is 9.35. The van der Waals surface area contributed by atoms with Gasteiger partial charge in [-0.3, -0.25) is 24.1 Å². The van der Waals surface area contributed by atoms with Crippen molar-refractivity contribution in [1.29, 1.82) is 0 Å². The van der Waals surface area contributed by atoms with Gasteiger partial charge in [-0.05, 0) is 48.9 Å². The highest BCUT2D eigenvalue weighted by Gasteiger charge is 2.16. The van der Waals surface area contributed by atoms with Crippen LogP contribution in [0.3, 0.4) is 0 Å². The van der Waals surface area contributed by atoms with Gasteiger partial charge in [0.15, 0.2) is 5.78 Å². The molecule has 37 heavy (non-hydrogen) atoms. The van der Waals surface area contributed by atoms with Crippen LogP contribution in [-0.4, -0.2) is 24.9 Å². The largest absolute Gasteiger partial charge is 0.348 e. The van der Waals surface area contributed by atoms with Crippen LogP contribution in [0.4, 0.5) is 0 Å². The van der Waals surface area contributed by atoms with Crippen LogP contribution in [-0.2, 0) is 37.6 Å². The zero-order valence-electron chi connectivity index (χ0n) is 21.0. The molecule has 5 aromatic rings. The molecule has 186 valence electrons. The van der Waals surface area contributed by atoms with Crippen LogP contribution >= 0.6 is 0 Å². The number of aromatic nitrogens is 4. The molecule has 0 spiro atoms. The van der Waals surface area contributed by atoms with E-state index in [1.54, 1.807) is 17.0 Å². The minimum absolute atomic E-state index is 0.0177. The molecule has 0 amide bonds. The smallest absolute Gasteiger partial charge is 0.273 e. The van der Waals surface area contributed by atoms with Gasteiger partial charge in [0, 0.05) is 36.9 Å². The van der Waals surface area contributed by atoms with Crippen LogP contribution in [0.25, 0.3) is 22.2 Å². The van der Waals surface area contributed by atoms with Crippen LogP contribution in [0.15, 0.2) is 96.2 Å². The predicted molar refractivity (Wildman–Crippen MR) is 146 cm³/mol. The number of carbonyl (C=O) groups is 1. The monoisotopic (exact) mass is 490 g/mol. The summed E-state index contributed by atoms with van der Waals surface area (Å²) < 4.78 is 3.71. The van der Waals surface area contributed by atoms with Crippen LogP contribution in [0.1, 0.15) is 29.8 Å². The molecule has 6 nitrogen and oxygen atoms in total. The lowest BCUT2D eigenvalue weighted by Crippen LogP contribution is -2.30. The Bertz CT molecular complexity index is 1570. The SMILES string of the molecule is Cn1c(CCC(=O)Cn2c(-c3ccccc3)cnc(CCCc3ccccc3)c2=O)cc2cnccc21. The standard InChI is InChI=1S/C31H30N4O2/c1-34-26(19-25-20-32-18-17-29(25)34)15-16-27(36)22-35-30(24-12-6-3-7-13-24)21-33-28(31(35)37)14-8-11-23-9-4-2-5-10-23/h2-7,9-10,12-13,17-21H,8,11,14-16,22H2,1H3. The van der Waals surface area contributed by atoms with Gasteiger partial charge in [-0.15, -0.1) is 0 Å². The second-order valence-electron chi connectivity index (χ2n) is 9.35. The predicted octanol–water partition coefficient (Wildman–Crippen LogP) is 5.17. The molecule has 0 N–H and O–H groups in total. The van der Waals surface area contributed by atoms with Crippen molar-refractivity contribution in [3.63, 3.8) is 0 Å². The molecule has 0 fully saturated rings.